The monoisotopic (exact) mass is 554 g/mol. The second-order valence-electron chi connectivity index (χ2n) is 10.8. The summed E-state index contributed by atoms with van der Waals surface area (Å²) in [6.07, 6.45) is 3.72. The zero-order chi connectivity index (χ0) is 28.5. The summed E-state index contributed by atoms with van der Waals surface area (Å²) in [5.74, 6) is 0.914. The van der Waals surface area contributed by atoms with Crippen molar-refractivity contribution in [2.45, 2.75) is 76.8 Å². The summed E-state index contributed by atoms with van der Waals surface area (Å²) in [6, 6.07) is 6.86. The molecule has 0 saturated heterocycles. The number of carbonyl (C=O) groups excluding carboxylic acids is 1. The van der Waals surface area contributed by atoms with Crippen molar-refractivity contribution >= 4 is 33.2 Å². The average molecular weight is 555 g/mol. The van der Waals surface area contributed by atoms with Gasteiger partial charge in [-0.2, -0.15) is 8.42 Å². The van der Waals surface area contributed by atoms with Gasteiger partial charge in [0.15, 0.2) is 5.82 Å². The molecule has 3 aromatic rings. The third-order valence-electron chi connectivity index (χ3n) is 7.44. The number of hydrogen-bond donors (Lipinski definition) is 3. The van der Waals surface area contributed by atoms with E-state index in [-0.39, 0.29) is 16.3 Å². The number of ketones is 1. The second-order valence-corrected chi connectivity index (χ2v) is 12.3. The molecule has 0 fully saturated rings. The maximum atomic E-state index is 13.2. The van der Waals surface area contributed by atoms with E-state index in [0.29, 0.717) is 36.3 Å². The first-order chi connectivity index (χ1) is 18.3. The van der Waals surface area contributed by atoms with Crippen LogP contribution in [0.1, 0.15) is 66.0 Å². The van der Waals surface area contributed by atoms with Gasteiger partial charge < -0.3 is 20.5 Å². The molecule has 39 heavy (non-hydrogen) atoms. The third-order valence-corrected chi connectivity index (χ3v) is 8.95. The number of nitrogens with one attached hydrogen (secondary N) is 2. The molecule has 1 aromatic heterocycles. The lowest BCUT2D eigenvalue weighted by Crippen LogP contribution is -2.35. The van der Waals surface area contributed by atoms with E-state index >= 15 is 0 Å². The topological polar surface area (TPSA) is 141 Å². The lowest BCUT2D eigenvalue weighted by atomic mass is 9.88. The predicted octanol–water partition coefficient (Wildman–Crippen LogP) is 3.40. The van der Waals surface area contributed by atoms with Gasteiger partial charge in [0.25, 0.3) is 10.0 Å². The minimum absolute atomic E-state index is 0.214. The fourth-order valence-electron chi connectivity index (χ4n) is 5.07. The number of hydrazine groups is 1. The van der Waals surface area contributed by atoms with Crippen molar-refractivity contribution in [3.8, 4) is 5.75 Å². The van der Waals surface area contributed by atoms with E-state index in [1.54, 1.807) is 18.5 Å². The average Bonchev–Trinajstić information content (AvgIpc) is 3.22. The normalized spacial score (nSPS) is 15.8. The smallest absolute Gasteiger partial charge is 0.284 e. The summed E-state index contributed by atoms with van der Waals surface area (Å²) in [7, 11) is -2.13. The first-order valence-corrected chi connectivity index (χ1v) is 14.6. The minimum atomic E-state index is -3.93. The van der Waals surface area contributed by atoms with Gasteiger partial charge >= 0.3 is 0 Å². The van der Waals surface area contributed by atoms with Gasteiger partial charge in [-0.05, 0) is 94.7 Å². The van der Waals surface area contributed by atoms with Gasteiger partial charge in [0.2, 0.25) is 5.78 Å². The molecule has 210 valence electrons. The van der Waals surface area contributed by atoms with E-state index in [9.17, 15) is 13.2 Å². The van der Waals surface area contributed by atoms with Crippen molar-refractivity contribution in [3.63, 3.8) is 0 Å². The first-order valence-electron chi connectivity index (χ1n) is 13.1. The molecule has 1 aliphatic rings. The number of hydrogen-bond acceptors (Lipinski definition) is 7. The van der Waals surface area contributed by atoms with Gasteiger partial charge in [0.05, 0.1) is 22.0 Å². The van der Waals surface area contributed by atoms with Crippen LogP contribution in [0.2, 0.25) is 0 Å². The van der Waals surface area contributed by atoms with Gasteiger partial charge in [0, 0.05) is 13.6 Å². The Morgan fingerprint density at radius 1 is 1.23 bits per heavy atom. The Bertz CT molecular complexity index is 1540. The molecule has 11 heteroatoms. The van der Waals surface area contributed by atoms with Crippen LogP contribution in [-0.4, -0.2) is 48.3 Å². The SMILES string of the molecule is Cc1c(C)c(S(=O)(=O)N=CNNCCC[C@H](N)C(=O)c2nc3ccccc3n2C)c(C)c2c1OC(C)(C)CC2. The zero-order valence-electron chi connectivity index (χ0n) is 23.5. The summed E-state index contributed by atoms with van der Waals surface area (Å²) in [6.45, 7) is 10.0. The fraction of sp³-hybridized carbons (Fsp3) is 0.464. The van der Waals surface area contributed by atoms with Crippen molar-refractivity contribution in [2.24, 2.45) is 17.2 Å². The number of nitrogens with two attached hydrogens (primary N) is 1. The van der Waals surface area contributed by atoms with E-state index in [2.05, 4.69) is 20.2 Å². The summed E-state index contributed by atoms with van der Waals surface area (Å²) in [4.78, 5) is 17.5. The van der Waals surface area contributed by atoms with Crippen molar-refractivity contribution < 1.29 is 17.9 Å². The molecule has 0 aliphatic carbocycles. The standard InChI is InChI=1S/C28H38N6O4S/c1-17-18(2)26(19(3)20-13-14-28(4,5)38-25(17)20)39(36,37)32-16-31-30-15-9-10-21(29)24(35)27-33-22-11-7-8-12-23(22)34(27)6/h7-8,11-12,16,21,30H,9-10,13-15,29H2,1-6H3,(H,31,32)/t21-/m0/s1. The molecule has 0 unspecified atom stereocenters. The second kappa shape index (κ2) is 11.1. The van der Waals surface area contributed by atoms with Gasteiger partial charge in [-0.15, -0.1) is 4.40 Å². The quantitative estimate of drug-likeness (QED) is 0.114. The summed E-state index contributed by atoms with van der Waals surface area (Å²) in [5, 5.41) is 0. The molecule has 4 rings (SSSR count). The van der Waals surface area contributed by atoms with E-state index in [1.807, 2.05) is 52.0 Å². The number of sulfonamides is 1. The lowest BCUT2D eigenvalue weighted by molar-refractivity contribution is 0.0831. The van der Waals surface area contributed by atoms with Crippen molar-refractivity contribution in [1.82, 2.24) is 20.4 Å². The van der Waals surface area contributed by atoms with Crippen LogP contribution in [0.3, 0.4) is 0 Å². The number of Topliss-reactive ketones (excluding diaryl/α,β-unsaturated/α-hetero) is 1. The highest BCUT2D eigenvalue weighted by Crippen LogP contribution is 2.42. The number of aromatic nitrogens is 2. The molecule has 2 aromatic carbocycles. The number of benzene rings is 2. The molecule has 0 amide bonds. The first kappa shape index (κ1) is 28.7. The maximum Gasteiger partial charge on any atom is 0.284 e. The zero-order valence-corrected chi connectivity index (χ0v) is 24.3. The van der Waals surface area contributed by atoms with E-state index in [0.717, 1.165) is 47.1 Å². The van der Waals surface area contributed by atoms with E-state index in [4.69, 9.17) is 10.5 Å². The van der Waals surface area contributed by atoms with Crippen LogP contribution in [0.5, 0.6) is 5.75 Å². The van der Waals surface area contributed by atoms with Crippen LogP contribution in [-0.2, 0) is 23.5 Å². The molecule has 2 heterocycles. The van der Waals surface area contributed by atoms with Crippen LogP contribution in [0.4, 0.5) is 0 Å². The number of ether oxygens (including phenoxy) is 1. The number of aryl methyl sites for hydroxylation is 1. The Morgan fingerprint density at radius 3 is 2.67 bits per heavy atom. The van der Waals surface area contributed by atoms with Crippen molar-refractivity contribution in [2.75, 3.05) is 6.54 Å². The van der Waals surface area contributed by atoms with Gasteiger partial charge in [-0.3, -0.25) is 4.79 Å². The van der Waals surface area contributed by atoms with Crippen molar-refractivity contribution in [1.29, 1.82) is 0 Å². The van der Waals surface area contributed by atoms with E-state index in [1.165, 1.54) is 0 Å². The molecule has 0 saturated carbocycles. The maximum absolute atomic E-state index is 13.2. The Hall–Kier alpha value is -3.28. The summed E-state index contributed by atoms with van der Waals surface area (Å²) >= 11 is 0. The Balaban J connectivity index is 1.31. The highest BCUT2D eigenvalue weighted by atomic mass is 32.2. The third kappa shape index (κ3) is 5.85. The number of rotatable bonds is 10. The minimum Gasteiger partial charge on any atom is -0.487 e. The number of para-hydroxylation sites is 2. The highest BCUT2D eigenvalue weighted by Gasteiger charge is 2.33. The number of nitrogens with zero attached hydrogens (tertiary/aromatic N) is 3. The molecule has 0 radical (unpaired) electrons. The summed E-state index contributed by atoms with van der Waals surface area (Å²) in [5.41, 5.74) is 16.2. The highest BCUT2D eigenvalue weighted by molar-refractivity contribution is 7.90. The molecule has 1 aliphatic heterocycles. The van der Waals surface area contributed by atoms with Crippen LogP contribution >= 0.6 is 0 Å². The largest absolute Gasteiger partial charge is 0.487 e. The summed E-state index contributed by atoms with van der Waals surface area (Å²) < 4.78 is 38.1. The number of fused-ring (bicyclic) bond motifs is 2. The molecule has 1 atom stereocenters. The molecular formula is C28H38N6O4S. The van der Waals surface area contributed by atoms with Crippen molar-refractivity contribution in [3.05, 3.63) is 52.3 Å². The molecule has 0 bridgehead atoms. The van der Waals surface area contributed by atoms with Gasteiger partial charge in [0.1, 0.15) is 17.7 Å². The lowest BCUT2D eigenvalue weighted by Gasteiger charge is -2.35. The van der Waals surface area contributed by atoms with Crippen LogP contribution in [0.15, 0.2) is 33.6 Å². The predicted molar refractivity (Wildman–Crippen MR) is 153 cm³/mol. The van der Waals surface area contributed by atoms with Crippen LogP contribution in [0, 0.1) is 20.8 Å². The number of carbonyl (C=O) groups is 1. The van der Waals surface area contributed by atoms with Gasteiger partial charge in [-0.25, -0.2) is 10.4 Å². The molecule has 4 N–H and O–H groups in total. The Kier molecular flexibility index (Phi) is 8.15. The van der Waals surface area contributed by atoms with Gasteiger partial charge in [-0.1, -0.05) is 12.1 Å². The molecule has 10 nitrogen and oxygen atoms in total. The molecular weight excluding hydrogens is 516 g/mol. The van der Waals surface area contributed by atoms with E-state index < -0.39 is 16.1 Å². The Morgan fingerprint density at radius 2 is 1.95 bits per heavy atom. The Labute approximate surface area is 230 Å². The molecule has 0 spiro atoms. The van der Waals surface area contributed by atoms with Crippen LogP contribution < -0.4 is 21.3 Å². The number of imidazole rings is 1. The fourth-order valence-corrected chi connectivity index (χ4v) is 6.42. The van der Waals surface area contributed by atoms with Crippen LogP contribution in [0.25, 0.3) is 11.0 Å².